The van der Waals surface area contributed by atoms with Gasteiger partial charge in [-0.05, 0) is 37.1 Å². The number of para-hydroxylation sites is 1. The van der Waals surface area contributed by atoms with E-state index in [1.54, 1.807) is 42.6 Å². The standard InChI is InChI=1S/C23H22F3N2O2/c24-23(25,26)20-13-18(10-11-21(20)30-19-6-2-1-3-7-19)28(22(29)17-8-9-17)12-4-5-16(14-27)15-28/h1-7,10-11,13,15,17H,8-9,12,14,27H2/q+1. The molecule has 1 aliphatic heterocycles. The number of quaternary nitrogens is 1. The average Bonchev–Trinajstić information content (AvgIpc) is 3.59. The van der Waals surface area contributed by atoms with Crippen LogP contribution in [0.15, 0.2) is 72.5 Å². The molecule has 1 fully saturated rings. The Bertz CT molecular complexity index is 1010. The predicted octanol–water partition coefficient (Wildman–Crippen LogP) is 5.15. The smallest absolute Gasteiger partial charge is 0.420 e. The molecular weight excluding hydrogens is 393 g/mol. The van der Waals surface area contributed by atoms with E-state index in [1.807, 2.05) is 6.08 Å². The Morgan fingerprint density at radius 2 is 1.87 bits per heavy atom. The van der Waals surface area contributed by atoms with Crippen LogP contribution in [0, 0.1) is 5.92 Å². The monoisotopic (exact) mass is 415 g/mol. The molecule has 0 radical (unpaired) electrons. The Balaban J connectivity index is 1.81. The molecule has 156 valence electrons. The van der Waals surface area contributed by atoms with Crippen molar-refractivity contribution >= 4 is 11.6 Å². The van der Waals surface area contributed by atoms with Crippen molar-refractivity contribution in [3.63, 3.8) is 0 Å². The molecule has 2 N–H and O–H groups in total. The lowest BCUT2D eigenvalue weighted by molar-refractivity contribution is -0.139. The lowest BCUT2D eigenvalue weighted by atomic mass is 10.1. The molecule has 0 saturated heterocycles. The average molecular weight is 415 g/mol. The highest BCUT2D eigenvalue weighted by molar-refractivity contribution is 5.94. The molecule has 2 aliphatic rings. The number of amides is 1. The maximum atomic E-state index is 13.9. The summed E-state index contributed by atoms with van der Waals surface area (Å²) in [5, 5.41) is 0. The van der Waals surface area contributed by atoms with Crippen LogP contribution in [-0.2, 0) is 11.0 Å². The molecule has 1 saturated carbocycles. The summed E-state index contributed by atoms with van der Waals surface area (Å²) in [6, 6.07) is 12.2. The van der Waals surface area contributed by atoms with E-state index in [0.717, 1.165) is 18.9 Å². The fraction of sp³-hybridized carbons (Fsp3) is 0.261. The van der Waals surface area contributed by atoms with E-state index in [0.29, 0.717) is 11.3 Å². The van der Waals surface area contributed by atoms with Crippen LogP contribution in [0.4, 0.5) is 18.9 Å². The summed E-state index contributed by atoms with van der Waals surface area (Å²) in [4.78, 5) is 13.2. The molecule has 2 aromatic rings. The number of ether oxygens (including phenoxy) is 1. The van der Waals surface area contributed by atoms with Gasteiger partial charge in [-0.25, -0.2) is 4.79 Å². The number of alkyl halides is 3. The zero-order valence-electron chi connectivity index (χ0n) is 16.2. The topological polar surface area (TPSA) is 52.3 Å². The summed E-state index contributed by atoms with van der Waals surface area (Å²) in [5.74, 6) is -0.235. The molecule has 30 heavy (non-hydrogen) atoms. The van der Waals surface area contributed by atoms with E-state index in [-0.39, 0.29) is 40.8 Å². The zero-order chi connectivity index (χ0) is 21.4. The molecule has 4 nitrogen and oxygen atoms in total. The van der Waals surface area contributed by atoms with Crippen LogP contribution in [0.3, 0.4) is 0 Å². The van der Waals surface area contributed by atoms with E-state index in [4.69, 9.17) is 10.5 Å². The summed E-state index contributed by atoms with van der Waals surface area (Å²) in [6.07, 6.45) is 2.18. The predicted molar refractivity (Wildman–Crippen MR) is 109 cm³/mol. The zero-order valence-corrected chi connectivity index (χ0v) is 16.2. The third-order valence-electron chi connectivity index (χ3n) is 5.37. The Morgan fingerprint density at radius 1 is 1.13 bits per heavy atom. The molecule has 1 unspecified atom stereocenters. The number of halogens is 3. The summed E-state index contributed by atoms with van der Waals surface area (Å²) in [5.41, 5.74) is 5.82. The molecule has 1 aliphatic carbocycles. The van der Waals surface area contributed by atoms with Gasteiger partial charge in [-0.2, -0.15) is 17.7 Å². The molecule has 1 atom stereocenters. The number of carbonyl (C=O) groups is 1. The van der Waals surface area contributed by atoms with Crippen molar-refractivity contribution in [2.24, 2.45) is 11.7 Å². The number of hydrogen-bond acceptors (Lipinski definition) is 3. The number of carbonyl (C=O) groups excluding carboxylic acids is 1. The van der Waals surface area contributed by atoms with Gasteiger partial charge in [0.05, 0.1) is 5.92 Å². The molecule has 0 spiro atoms. The second kappa shape index (κ2) is 7.74. The minimum Gasteiger partial charge on any atom is -0.457 e. The van der Waals surface area contributed by atoms with E-state index in [1.165, 1.54) is 12.1 Å². The number of hydrogen-bond donors (Lipinski definition) is 1. The summed E-state index contributed by atoms with van der Waals surface area (Å²) in [7, 11) is 0. The minimum absolute atomic E-state index is 0.102. The van der Waals surface area contributed by atoms with Crippen LogP contribution < -0.4 is 15.0 Å². The van der Waals surface area contributed by atoms with Gasteiger partial charge in [-0.3, -0.25) is 0 Å². The van der Waals surface area contributed by atoms with Gasteiger partial charge < -0.3 is 10.5 Å². The quantitative estimate of drug-likeness (QED) is 0.687. The van der Waals surface area contributed by atoms with E-state index in [2.05, 4.69) is 0 Å². The minimum atomic E-state index is -4.64. The van der Waals surface area contributed by atoms with Crippen LogP contribution >= 0.6 is 0 Å². The van der Waals surface area contributed by atoms with Crippen LogP contribution in [0.25, 0.3) is 0 Å². The maximum absolute atomic E-state index is 13.9. The van der Waals surface area contributed by atoms with Crippen LogP contribution in [0.5, 0.6) is 11.5 Å². The molecule has 1 heterocycles. The highest BCUT2D eigenvalue weighted by atomic mass is 19.4. The number of nitrogens with two attached hydrogens (primary N) is 1. The second-order valence-electron chi connectivity index (χ2n) is 7.57. The third kappa shape index (κ3) is 3.91. The number of rotatable bonds is 5. The van der Waals surface area contributed by atoms with E-state index < -0.39 is 11.7 Å². The molecule has 7 heteroatoms. The van der Waals surface area contributed by atoms with Crippen molar-refractivity contribution in [3.8, 4) is 11.5 Å². The Hall–Kier alpha value is -2.90. The number of nitrogens with zero attached hydrogens (tertiary/aromatic N) is 1. The first-order chi connectivity index (χ1) is 14.3. The van der Waals surface area contributed by atoms with Crippen LogP contribution in [0.1, 0.15) is 18.4 Å². The highest BCUT2D eigenvalue weighted by Gasteiger charge is 2.48. The lowest BCUT2D eigenvalue weighted by Crippen LogP contribution is -2.52. The van der Waals surface area contributed by atoms with Gasteiger partial charge in [-0.1, -0.05) is 24.3 Å². The first-order valence-electron chi connectivity index (χ1n) is 9.79. The third-order valence-corrected chi connectivity index (χ3v) is 5.37. The van der Waals surface area contributed by atoms with E-state index >= 15 is 0 Å². The van der Waals surface area contributed by atoms with Crippen molar-refractivity contribution < 1.29 is 22.7 Å². The van der Waals surface area contributed by atoms with Crippen molar-refractivity contribution in [2.45, 2.75) is 19.0 Å². The molecule has 0 aromatic heterocycles. The molecule has 1 amide bonds. The van der Waals surface area contributed by atoms with Gasteiger partial charge in [-0.15, -0.1) is 0 Å². The van der Waals surface area contributed by atoms with Crippen molar-refractivity contribution in [2.75, 3.05) is 13.1 Å². The van der Waals surface area contributed by atoms with Crippen molar-refractivity contribution in [3.05, 3.63) is 78.0 Å². The Morgan fingerprint density at radius 3 is 2.50 bits per heavy atom. The molecule has 0 bridgehead atoms. The normalized spacial score (nSPS) is 21.3. The Kier molecular flexibility index (Phi) is 5.26. The van der Waals surface area contributed by atoms with Gasteiger partial charge in [0.15, 0.2) is 0 Å². The molecule has 2 aromatic carbocycles. The largest absolute Gasteiger partial charge is 0.457 e. The van der Waals surface area contributed by atoms with E-state index in [9.17, 15) is 18.0 Å². The summed E-state index contributed by atoms with van der Waals surface area (Å²) in [6.45, 7) is 0.463. The van der Waals surface area contributed by atoms with Crippen molar-refractivity contribution in [1.82, 2.24) is 4.48 Å². The van der Waals surface area contributed by atoms with Crippen LogP contribution in [0.2, 0.25) is 0 Å². The van der Waals surface area contributed by atoms with Gasteiger partial charge in [0.2, 0.25) is 0 Å². The first kappa shape index (κ1) is 20.4. The van der Waals surface area contributed by atoms with Gasteiger partial charge in [0.25, 0.3) is 0 Å². The second-order valence-corrected chi connectivity index (χ2v) is 7.57. The summed E-state index contributed by atoms with van der Waals surface area (Å²) < 4.78 is 47.0. The number of benzene rings is 2. The Labute approximate surface area is 172 Å². The fourth-order valence-corrected chi connectivity index (χ4v) is 3.68. The van der Waals surface area contributed by atoms with Crippen molar-refractivity contribution in [1.29, 1.82) is 0 Å². The highest BCUT2D eigenvalue weighted by Crippen LogP contribution is 2.44. The van der Waals surface area contributed by atoms with Gasteiger partial charge >= 0.3 is 12.1 Å². The maximum Gasteiger partial charge on any atom is 0.420 e. The van der Waals surface area contributed by atoms with Crippen LogP contribution in [-0.4, -0.2) is 19.0 Å². The van der Waals surface area contributed by atoms with Gasteiger partial charge in [0.1, 0.15) is 35.5 Å². The lowest BCUT2D eigenvalue weighted by Gasteiger charge is -2.34. The SMILES string of the molecule is NCC1=C[N+](C(=O)C2CC2)(c2ccc(Oc3ccccc3)c(C(F)(F)F)c2)CC=C1. The molecule has 4 rings (SSSR count). The first-order valence-corrected chi connectivity index (χ1v) is 9.79. The fourth-order valence-electron chi connectivity index (χ4n) is 3.68. The molecular formula is C23H22F3N2O2+. The van der Waals surface area contributed by atoms with Gasteiger partial charge in [0, 0.05) is 24.3 Å². The summed E-state index contributed by atoms with van der Waals surface area (Å²) >= 11 is 0.